The summed E-state index contributed by atoms with van der Waals surface area (Å²) >= 11 is 0. The maximum Gasteiger partial charge on any atom is 0.416 e. The third-order valence-electron chi connectivity index (χ3n) is 5.01. The highest BCUT2D eigenvalue weighted by atomic mass is 19.4. The summed E-state index contributed by atoms with van der Waals surface area (Å²) < 4.78 is 38.7. The van der Waals surface area contributed by atoms with Gasteiger partial charge in [-0.2, -0.15) is 13.2 Å². The smallest absolute Gasteiger partial charge is 0.357 e. The lowest BCUT2D eigenvalue weighted by atomic mass is 10.1. The molecule has 0 radical (unpaired) electrons. The van der Waals surface area contributed by atoms with Crippen LogP contribution in [0.15, 0.2) is 53.5 Å². The van der Waals surface area contributed by atoms with Crippen molar-refractivity contribution in [2.45, 2.75) is 45.6 Å². The molecule has 0 saturated carbocycles. The number of hydrogen-bond acceptors (Lipinski definition) is 2. The summed E-state index contributed by atoms with van der Waals surface area (Å²) in [5.41, 5.74) is 1.92. The Bertz CT molecular complexity index is 927. The van der Waals surface area contributed by atoms with Crippen LogP contribution in [0.3, 0.4) is 0 Å². The number of hydrogen-bond donors (Lipinski definition) is 2. The van der Waals surface area contributed by atoms with E-state index in [0.717, 1.165) is 36.2 Å². The number of guanidine groups is 1. The fourth-order valence-electron chi connectivity index (χ4n) is 3.47. The number of amides is 1. The first-order chi connectivity index (χ1) is 14.8. The molecule has 1 fully saturated rings. The maximum absolute atomic E-state index is 12.9. The number of likely N-dealkylation sites (tertiary alicyclic amines) is 1. The molecule has 0 atom stereocenters. The van der Waals surface area contributed by atoms with Gasteiger partial charge in [-0.15, -0.1) is 0 Å². The van der Waals surface area contributed by atoms with Crippen molar-refractivity contribution in [2.75, 3.05) is 13.1 Å². The summed E-state index contributed by atoms with van der Waals surface area (Å²) in [5, 5.41) is 6.19. The van der Waals surface area contributed by atoms with E-state index in [4.69, 9.17) is 0 Å². The zero-order valence-corrected chi connectivity index (χ0v) is 17.5. The van der Waals surface area contributed by atoms with Gasteiger partial charge in [-0.25, -0.2) is 4.99 Å². The van der Waals surface area contributed by atoms with E-state index in [1.54, 1.807) is 6.07 Å². The summed E-state index contributed by atoms with van der Waals surface area (Å²) in [4.78, 5) is 18.3. The molecule has 5 nitrogen and oxygen atoms in total. The molecule has 0 bridgehead atoms. The molecule has 2 N–H and O–H groups in total. The van der Waals surface area contributed by atoms with E-state index in [2.05, 4.69) is 15.6 Å². The summed E-state index contributed by atoms with van der Waals surface area (Å²) in [6.45, 7) is 4.60. The highest BCUT2D eigenvalue weighted by molar-refractivity contribution is 5.79. The average molecular weight is 432 g/mol. The van der Waals surface area contributed by atoms with Gasteiger partial charge >= 0.3 is 6.18 Å². The summed E-state index contributed by atoms with van der Waals surface area (Å²) in [5.74, 6) is 0.719. The molecule has 31 heavy (non-hydrogen) atoms. The van der Waals surface area contributed by atoms with E-state index >= 15 is 0 Å². The van der Waals surface area contributed by atoms with Crippen molar-refractivity contribution in [3.8, 4) is 0 Å². The van der Waals surface area contributed by atoms with Gasteiger partial charge in [0.1, 0.15) is 0 Å². The molecule has 1 aliphatic rings. The van der Waals surface area contributed by atoms with Crippen LogP contribution in [0.25, 0.3) is 0 Å². The predicted molar refractivity (Wildman–Crippen MR) is 114 cm³/mol. The van der Waals surface area contributed by atoms with Gasteiger partial charge in [0.25, 0.3) is 0 Å². The minimum Gasteiger partial charge on any atom is -0.357 e. The molecule has 1 amide bonds. The SMILES string of the molecule is CCNC(=NCc1cccc(CN2CCCC2=O)c1)NCc1cccc(C(F)(F)F)c1. The Kier molecular flexibility index (Phi) is 7.55. The number of nitrogens with one attached hydrogen (secondary N) is 2. The lowest BCUT2D eigenvalue weighted by molar-refractivity contribution is -0.137. The topological polar surface area (TPSA) is 56.7 Å². The van der Waals surface area contributed by atoms with Crippen LogP contribution >= 0.6 is 0 Å². The van der Waals surface area contributed by atoms with Crippen LogP contribution in [-0.4, -0.2) is 29.9 Å². The van der Waals surface area contributed by atoms with Gasteiger partial charge in [0.05, 0.1) is 12.1 Å². The van der Waals surface area contributed by atoms with Gasteiger partial charge < -0.3 is 15.5 Å². The second kappa shape index (κ2) is 10.3. The Labute approximate surface area is 180 Å². The van der Waals surface area contributed by atoms with E-state index in [0.29, 0.717) is 37.6 Å². The van der Waals surface area contributed by atoms with Crippen LogP contribution in [0, 0.1) is 0 Å². The monoisotopic (exact) mass is 432 g/mol. The number of aliphatic imine (C=N–C) groups is 1. The van der Waals surface area contributed by atoms with Crippen LogP contribution in [0.1, 0.15) is 42.0 Å². The van der Waals surface area contributed by atoms with E-state index in [1.807, 2.05) is 36.1 Å². The molecule has 8 heteroatoms. The Hall–Kier alpha value is -3.03. The predicted octanol–water partition coefficient (Wildman–Crippen LogP) is 4.08. The van der Waals surface area contributed by atoms with Crippen LogP contribution in [0.5, 0.6) is 0 Å². The van der Waals surface area contributed by atoms with Gasteiger partial charge in [-0.3, -0.25) is 4.79 Å². The Balaban J connectivity index is 1.62. The van der Waals surface area contributed by atoms with E-state index < -0.39 is 11.7 Å². The third kappa shape index (κ3) is 6.73. The van der Waals surface area contributed by atoms with Gasteiger partial charge in [-0.05, 0) is 42.2 Å². The van der Waals surface area contributed by atoms with E-state index in [9.17, 15) is 18.0 Å². The minimum absolute atomic E-state index is 0.191. The minimum atomic E-state index is -4.36. The molecule has 1 saturated heterocycles. The van der Waals surface area contributed by atoms with Crippen LogP contribution < -0.4 is 10.6 Å². The molecule has 0 aliphatic carbocycles. The molecular formula is C23H27F3N4O. The van der Waals surface area contributed by atoms with Crippen LogP contribution in [0.4, 0.5) is 13.2 Å². The van der Waals surface area contributed by atoms with E-state index in [-0.39, 0.29) is 12.5 Å². The average Bonchev–Trinajstić information content (AvgIpc) is 3.14. The Morgan fingerprint density at radius 3 is 2.52 bits per heavy atom. The fourth-order valence-corrected chi connectivity index (χ4v) is 3.47. The number of carbonyl (C=O) groups is 1. The maximum atomic E-state index is 12.9. The first-order valence-electron chi connectivity index (χ1n) is 10.4. The molecule has 0 unspecified atom stereocenters. The van der Waals surface area contributed by atoms with Crippen molar-refractivity contribution >= 4 is 11.9 Å². The second-order valence-electron chi connectivity index (χ2n) is 7.49. The molecule has 2 aromatic rings. The van der Waals surface area contributed by atoms with Crippen molar-refractivity contribution in [3.05, 3.63) is 70.8 Å². The molecule has 1 aliphatic heterocycles. The highest BCUT2D eigenvalue weighted by Crippen LogP contribution is 2.29. The normalized spacial score (nSPS) is 14.8. The molecular weight excluding hydrogens is 405 g/mol. The standard InChI is InChI=1S/C23H27F3N4O/c1-2-27-22(29-15-18-7-4-9-20(13-18)23(24,25)26)28-14-17-6-3-8-19(12-17)16-30-11-5-10-21(30)31/h3-4,6-9,12-13H,2,5,10-11,14-16H2,1H3,(H2,27,28,29). The number of nitrogens with zero attached hydrogens (tertiary/aromatic N) is 2. The molecule has 3 rings (SSSR count). The molecule has 0 aromatic heterocycles. The Morgan fingerprint density at radius 1 is 1.06 bits per heavy atom. The third-order valence-corrected chi connectivity index (χ3v) is 5.01. The van der Waals surface area contributed by atoms with Crippen molar-refractivity contribution in [1.82, 2.24) is 15.5 Å². The summed E-state index contributed by atoms with van der Waals surface area (Å²) in [6, 6.07) is 13.2. The number of benzene rings is 2. The van der Waals surface area contributed by atoms with Crippen LogP contribution in [-0.2, 0) is 30.6 Å². The molecule has 1 heterocycles. The number of carbonyl (C=O) groups excluding carboxylic acids is 1. The first-order valence-corrected chi connectivity index (χ1v) is 10.4. The lowest BCUT2D eigenvalue weighted by Gasteiger charge is -2.16. The quantitative estimate of drug-likeness (QED) is 0.512. The number of alkyl halides is 3. The zero-order valence-electron chi connectivity index (χ0n) is 17.5. The lowest BCUT2D eigenvalue weighted by Crippen LogP contribution is -2.36. The van der Waals surface area contributed by atoms with E-state index in [1.165, 1.54) is 6.07 Å². The van der Waals surface area contributed by atoms with Gasteiger partial charge in [0, 0.05) is 32.6 Å². The highest BCUT2D eigenvalue weighted by Gasteiger charge is 2.30. The fraction of sp³-hybridized carbons (Fsp3) is 0.391. The summed E-state index contributed by atoms with van der Waals surface area (Å²) in [6.07, 6.45) is -2.83. The zero-order chi connectivity index (χ0) is 22.3. The molecule has 2 aromatic carbocycles. The largest absolute Gasteiger partial charge is 0.416 e. The van der Waals surface area contributed by atoms with Crippen LogP contribution in [0.2, 0.25) is 0 Å². The Morgan fingerprint density at radius 2 is 1.81 bits per heavy atom. The second-order valence-corrected chi connectivity index (χ2v) is 7.49. The van der Waals surface area contributed by atoms with Crippen molar-refractivity contribution < 1.29 is 18.0 Å². The molecule has 0 spiro atoms. The first kappa shape index (κ1) is 22.7. The number of rotatable bonds is 7. The summed E-state index contributed by atoms with van der Waals surface area (Å²) in [7, 11) is 0. The van der Waals surface area contributed by atoms with Gasteiger partial charge in [-0.1, -0.05) is 36.4 Å². The van der Waals surface area contributed by atoms with Crippen molar-refractivity contribution in [1.29, 1.82) is 0 Å². The van der Waals surface area contributed by atoms with Gasteiger partial charge in [0.15, 0.2) is 5.96 Å². The van der Waals surface area contributed by atoms with Crippen molar-refractivity contribution in [2.24, 2.45) is 4.99 Å². The van der Waals surface area contributed by atoms with Gasteiger partial charge in [0.2, 0.25) is 5.91 Å². The van der Waals surface area contributed by atoms with Crippen molar-refractivity contribution in [3.63, 3.8) is 0 Å². The molecule has 166 valence electrons. The number of halogens is 3.